The largest absolute Gasteiger partial charge is 0.481 e. The van der Waals surface area contributed by atoms with Gasteiger partial charge < -0.3 is 10.0 Å². The molecule has 0 radical (unpaired) electrons. The van der Waals surface area contributed by atoms with Crippen molar-refractivity contribution in [2.45, 2.75) is 25.2 Å². The number of benzene rings is 1. The summed E-state index contributed by atoms with van der Waals surface area (Å²) in [7, 11) is 0. The molecule has 1 heterocycles. The first kappa shape index (κ1) is 12.7. The third-order valence-corrected chi connectivity index (χ3v) is 4.70. The predicted octanol–water partition coefficient (Wildman–Crippen LogP) is 2.59. The quantitative estimate of drug-likeness (QED) is 0.903. The van der Waals surface area contributed by atoms with E-state index in [1.165, 1.54) is 5.56 Å². The van der Waals surface area contributed by atoms with Crippen LogP contribution in [0.3, 0.4) is 0 Å². The van der Waals surface area contributed by atoms with Gasteiger partial charge in [-0.3, -0.25) is 4.79 Å². The van der Waals surface area contributed by atoms with Gasteiger partial charge in [0.25, 0.3) is 0 Å². The molecule has 0 bridgehead atoms. The van der Waals surface area contributed by atoms with E-state index in [0.717, 1.165) is 38.9 Å². The molecular weight excluding hydrogens is 238 g/mol. The van der Waals surface area contributed by atoms with Crippen molar-refractivity contribution in [3.63, 3.8) is 0 Å². The third-order valence-electron chi connectivity index (χ3n) is 4.70. The van der Waals surface area contributed by atoms with Crippen molar-refractivity contribution in [3.8, 4) is 0 Å². The highest BCUT2D eigenvalue weighted by Gasteiger charge is 2.37. The first-order chi connectivity index (χ1) is 9.24. The van der Waals surface area contributed by atoms with Gasteiger partial charge in [0.05, 0.1) is 5.92 Å². The lowest BCUT2D eigenvalue weighted by molar-refractivity contribution is -0.143. The lowest BCUT2D eigenvalue weighted by Crippen LogP contribution is -2.47. The van der Waals surface area contributed by atoms with Crippen molar-refractivity contribution in [1.82, 2.24) is 4.90 Å². The maximum Gasteiger partial charge on any atom is 0.306 e. The van der Waals surface area contributed by atoms with Crippen LogP contribution >= 0.6 is 0 Å². The monoisotopic (exact) mass is 259 g/mol. The molecule has 102 valence electrons. The Morgan fingerprint density at radius 3 is 2.63 bits per heavy atom. The highest BCUT2D eigenvalue weighted by molar-refractivity contribution is 5.70. The van der Waals surface area contributed by atoms with E-state index < -0.39 is 5.97 Å². The highest BCUT2D eigenvalue weighted by atomic mass is 16.4. The second kappa shape index (κ2) is 5.33. The van der Waals surface area contributed by atoms with Crippen LogP contribution in [0.25, 0.3) is 0 Å². The summed E-state index contributed by atoms with van der Waals surface area (Å²) in [5.74, 6) is 0.318. The topological polar surface area (TPSA) is 40.5 Å². The molecule has 3 nitrogen and oxygen atoms in total. The lowest BCUT2D eigenvalue weighted by Gasteiger charge is -2.41. The van der Waals surface area contributed by atoms with Crippen LogP contribution in [-0.2, 0) is 4.79 Å². The Hall–Kier alpha value is -1.35. The zero-order valence-corrected chi connectivity index (χ0v) is 11.2. The maximum atomic E-state index is 11.2. The van der Waals surface area contributed by atoms with Gasteiger partial charge in [0, 0.05) is 25.6 Å². The molecule has 2 aliphatic rings. The minimum absolute atomic E-state index is 0.101. The van der Waals surface area contributed by atoms with E-state index in [-0.39, 0.29) is 5.92 Å². The standard InChI is InChI=1S/C16H21NO2/c18-16(19)15-8-4-7-13(15)9-17-10-14(11-17)12-5-2-1-3-6-12/h1-3,5-6,13-15H,4,7-11H2,(H,18,19). The van der Waals surface area contributed by atoms with Gasteiger partial charge in [0.2, 0.25) is 0 Å². The van der Waals surface area contributed by atoms with Crippen LogP contribution in [0.15, 0.2) is 30.3 Å². The van der Waals surface area contributed by atoms with E-state index in [2.05, 4.69) is 35.2 Å². The molecule has 0 spiro atoms. The molecule has 3 rings (SSSR count). The van der Waals surface area contributed by atoms with E-state index in [1.54, 1.807) is 0 Å². The first-order valence-corrected chi connectivity index (χ1v) is 7.24. The molecule has 3 heteroatoms. The molecule has 1 aromatic rings. The smallest absolute Gasteiger partial charge is 0.306 e. The van der Waals surface area contributed by atoms with Crippen LogP contribution in [0, 0.1) is 11.8 Å². The molecule has 19 heavy (non-hydrogen) atoms. The van der Waals surface area contributed by atoms with Crippen molar-refractivity contribution in [3.05, 3.63) is 35.9 Å². The van der Waals surface area contributed by atoms with Crippen molar-refractivity contribution in [2.75, 3.05) is 19.6 Å². The zero-order valence-electron chi connectivity index (χ0n) is 11.2. The van der Waals surface area contributed by atoms with Crippen LogP contribution in [0.4, 0.5) is 0 Å². The molecule has 2 fully saturated rings. The molecule has 1 aromatic carbocycles. The van der Waals surface area contributed by atoms with Crippen molar-refractivity contribution in [2.24, 2.45) is 11.8 Å². The van der Waals surface area contributed by atoms with Crippen LogP contribution in [0.1, 0.15) is 30.7 Å². The summed E-state index contributed by atoms with van der Waals surface area (Å²) in [5, 5.41) is 9.20. The number of carbonyl (C=O) groups is 1. The van der Waals surface area contributed by atoms with Gasteiger partial charge in [0.1, 0.15) is 0 Å². The Bertz CT molecular complexity index is 439. The number of likely N-dealkylation sites (tertiary alicyclic amines) is 1. The van der Waals surface area contributed by atoms with Gasteiger partial charge in [-0.05, 0) is 24.3 Å². The van der Waals surface area contributed by atoms with Crippen molar-refractivity contribution in [1.29, 1.82) is 0 Å². The predicted molar refractivity (Wildman–Crippen MR) is 74.1 cm³/mol. The van der Waals surface area contributed by atoms with Gasteiger partial charge in [-0.25, -0.2) is 0 Å². The zero-order chi connectivity index (χ0) is 13.2. The first-order valence-electron chi connectivity index (χ1n) is 7.24. The molecule has 0 amide bonds. The average Bonchev–Trinajstić information content (AvgIpc) is 2.82. The number of rotatable bonds is 4. The fourth-order valence-electron chi connectivity index (χ4n) is 3.57. The normalized spacial score (nSPS) is 28.2. The van der Waals surface area contributed by atoms with E-state index in [0.29, 0.717) is 11.8 Å². The minimum Gasteiger partial charge on any atom is -0.481 e. The second-order valence-electron chi connectivity index (χ2n) is 5.96. The van der Waals surface area contributed by atoms with Gasteiger partial charge in [-0.2, -0.15) is 0 Å². The van der Waals surface area contributed by atoms with E-state index >= 15 is 0 Å². The molecule has 0 aromatic heterocycles. The molecule has 1 N–H and O–H groups in total. The minimum atomic E-state index is -0.595. The van der Waals surface area contributed by atoms with E-state index in [9.17, 15) is 9.90 Å². The van der Waals surface area contributed by atoms with Crippen LogP contribution in [0.5, 0.6) is 0 Å². The number of hydrogen-bond acceptors (Lipinski definition) is 2. The number of carboxylic acids is 1. The van der Waals surface area contributed by atoms with E-state index in [4.69, 9.17) is 0 Å². The third kappa shape index (κ3) is 2.66. The summed E-state index contributed by atoms with van der Waals surface area (Å²) < 4.78 is 0. The molecule has 1 saturated carbocycles. The van der Waals surface area contributed by atoms with Gasteiger partial charge in [0.15, 0.2) is 0 Å². The maximum absolute atomic E-state index is 11.2. The Kier molecular flexibility index (Phi) is 3.56. The molecular formula is C16H21NO2. The molecule has 2 atom stereocenters. The summed E-state index contributed by atoms with van der Waals surface area (Å²) in [5.41, 5.74) is 1.42. The van der Waals surface area contributed by atoms with Crippen molar-refractivity contribution < 1.29 is 9.90 Å². The lowest BCUT2D eigenvalue weighted by atomic mass is 9.88. The Labute approximate surface area is 114 Å². The Morgan fingerprint density at radius 2 is 1.95 bits per heavy atom. The van der Waals surface area contributed by atoms with Gasteiger partial charge in [-0.15, -0.1) is 0 Å². The summed E-state index contributed by atoms with van der Waals surface area (Å²) in [4.78, 5) is 13.6. The Morgan fingerprint density at radius 1 is 1.21 bits per heavy atom. The molecule has 2 unspecified atom stereocenters. The van der Waals surface area contributed by atoms with Gasteiger partial charge >= 0.3 is 5.97 Å². The summed E-state index contributed by atoms with van der Waals surface area (Å²) in [6, 6.07) is 10.6. The highest BCUT2D eigenvalue weighted by Crippen LogP contribution is 2.35. The Balaban J connectivity index is 1.50. The van der Waals surface area contributed by atoms with Crippen LogP contribution < -0.4 is 0 Å². The number of hydrogen-bond donors (Lipinski definition) is 1. The summed E-state index contributed by atoms with van der Waals surface area (Å²) >= 11 is 0. The molecule has 1 aliphatic heterocycles. The summed E-state index contributed by atoms with van der Waals surface area (Å²) in [6.07, 6.45) is 3.04. The average molecular weight is 259 g/mol. The van der Waals surface area contributed by atoms with Crippen LogP contribution in [-0.4, -0.2) is 35.6 Å². The second-order valence-corrected chi connectivity index (χ2v) is 5.96. The SMILES string of the molecule is O=C(O)C1CCCC1CN1CC(c2ccccc2)C1. The fourth-order valence-corrected chi connectivity index (χ4v) is 3.57. The fraction of sp³-hybridized carbons (Fsp3) is 0.562. The van der Waals surface area contributed by atoms with Gasteiger partial charge in [-0.1, -0.05) is 36.8 Å². The molecule has 1 aliphatic carbocycles. The summed E-state index contributed by atoms with van der Waals surface area (Å²) in [6.45, 7) is 3.15. The number of carboxylic acid groups (broad SMARTS) is 1. The van der Waals surface area contributed by atoms with Crippen molar-refractivity contribution >= 4 is 5.97 Å². The number of aliphatic carboxylic acids is 1. The number of nitrogens with zero attached hydrogens (tertiary/aromatic N) is 1. The molecule has 1 saturated heterocycles. The van der Waals surface area contributed by atoms with E-state index in [1.807, 2.05) is 0 Å². The van der Waals surface area contributed by atoms with Crippen LogP contribution in [0.2, 0.25) is 0 Å².